The Morgan fingerprint density at radius 1 is 1.29 bits per heavy atom. The molecule has 1 saturated carbocycles. The van der Waals surface area contributed by atoms with Gasteiger partial charge in [0.1, 0.15) is 5.60 Å². The summed E-state index contributed by atoms with van der Waals surface area (Å²) in [6.07, 6.45) is 7.68. The number of allylic oxidation sites excluding steroid dienone is 1. The number of rotatable bonds is 4. The first-order valence-corrected chi connectivity index (χ1v) is 9.25. The lowest BCUT2D eigenvalue weighted by Gasteiger charge is -2.19. The van der Waals surface area contributed by atoms with Crippen molar-refractivity contribution in [3.8, 4) is 0 Å². The van der Waals surface area contributed by atoms with Crippen LogP contribution in [0.3, 0.4) is 0 Å². The van der Waals surface area contributed by atoms with Crippen molar-refractivity contribution in [1.29, 1.82) is 0 Å². The molecule has 0 spiro atoms. The summed E-state index contributed by atoms with van der Waals surface area (Å²) < 4.78 is 18.9. The summed E-state index contributed by atoms with van der Waals surface area (Å²) in [7, 11) is -0.916. The number of fused-ring (bicyclic) bond motifs is 1. The molecule has 1 heterocycles. The van der Waals surface area contributed by atoms with E-state index >= 15 is 0 Å². The van der Waals surface area contributed by atoms with Gasteiger partial charge in [-0.1, -0.05) is 38.1 Å². The highest BCUT2D eigenvalue weighted by Crippen LogP contribution is 2.52. The minimum Gasteiger partial charge on any atom is -0.361 e. The van der Waals surface area contributed by atoms with E-state index in [0.29, 0.717) is 6.10 Å². The van der Waals surface area contributed by atoms with Gasteiger partial charge < -0.3 is 4.74 Å². The molecule has 0 bridgehead atoms. The molecule has 1 saturated heterocycles. The number of ether oxygens (including phenoxy) is 1. The summed E-state index contributed by atoms with van der Waals surface area (Å²) in [5.74, 6) is 0. The van der Waals surface area contributed by atoms with Gasteiger partial charge in [-0.2, -0.15) is 0 Å². The van der Waals surface area contributed by atoms with Crippen molar-refractivity contribution in [2.75, 3.05) is 0 Å². The zero-order chi connectivity index (χ0) is 14.9. The third kappa shape index (κ3) is 2.74. The Hall–Kier alpha value is -0.930. The van der Waals surface area contributed by atoms with Gasteiger partial charge in [0.2, 0.25) is 0 Å². The van der Waals surface area contributed by atoms with Crippen LogP contribution in [-0.4, -0.2) is 21.2 Å². The summed E-state index contributed by atoms with van der Waals surface area (Å²) in [4.78, 5) is 0.959. The first-order chi connectivity index (χ1) is 10.2. The van der Waals surface area contributed by atoms with Crippen molar-refractivity contribution in [2.24, 2.45) is 0 Å². The second-order valence-corrected chi connectivity index (χ2v) is 7.73. The van der Waals surface area contributed by atoms with E-state index in [4.69, 9.17) is 4.74 Å². The SMILES string of the molecule is CC/C=C1\C[C@@H](S(=O)c2ccccc2)CC[C@@H]2O[C@]12CC. The smallest absolute Gasteiger partial charge is 0.116 e. The van der Waals surface area contributed by atoms with Gasteiger partial charge in [0.15, 0.2) is 0 Å². The summed E-state index contributed by atoms with van der Waals surface area (Å²) >= 11 is 0. The van der Waals surface area contributed by atoms with E-state index in [9.17, 15) is 4.21 Å². The Kier molecular flexibility index (Phi) is 4.32. The highest BCUT2D eigenvalue weighted by molar-refractivity contribution is 7.85. The number of benzene rings is 1. The topological polar surface area (TPSA) is 29.6 Å². The van der Waals surface area contributed by atoms with Crippen molar-refractivity contribution in [3.05, 3.63) is 42.0 Å². The lowest BCUT2D eigenvalue weighted by Crippen LogP contribution is -2.20. The van der Waals surface area contributed by atoms with Crippen LogP contribution in [0.5, 0.6) is 0 Å². The number of epoxide rings is 1. The highest BCUT2D eigenvalue weighted by atomic mass is 32.2. The van der Waals surface area contributed by atoms with Crippen LogP contribution >= 0.6 is 0 Å². The van der Waals surface area contributed by atoms with Crippen LogP contribution in [-0.2, 0) is 15.5 Å². The molecule has 1 aromatic rings. The van der Waals surface area contributed by atoms with E-state index in [1.807, 2.05) is 30.3 Å². The monoisotopic (exact) mass is 304 g/mol. The van der Waals surface area contributed by atoms with Crippen LogP contribution in [0.4, 0.5) is 0 Å². The second kappa shape index (κ2) is 6.05. The van der Waals surface area contributed by atoms with Crippen LogP contribution in [0, 0.1) is 0 Å². The highest BCUT2D eigenvalue weighted by Gasteiger charge is 2.58. The predicted molar refractivity (Wildman–Crippen MR) is 86.8 cm³/mol. The maximum atomic E-state index is 12.9. The summed E-state index contributed by atoms with van der Waals surface area (Å²) in [6.45, 7) is 4.37. The molecule has 4 atom stereocenters. The largest absolute Gasteiger partial charge is 0.361 e. The summed E-state index contributed by atoms with van der Waals surface area (Å²) in [6, 6.07) is 9.89. The van der Waals surface area contributed by atoms with E-state index in [0.717, 1.165) is 37.0 Å². The molecule has 2 fully saturated rings. The average molecular weight is 304 g/mol. The maximum absolute atomic E-state index is 12.9. The van der Waals surface area contributed by atoms with Gasteiger partial charge in [-0.25, -0.2) is 0 Å². The fourth-order valence-corrected chi connectivity index (χ4v) is 5.11. The zero-order valence-electron chi connectivity index (χ0n) is 12.9. The number of hydrogen-bond acceptors (Lipinski definition) is 2. The van der Waals surface area contributed by atoms with Gasteiger partial charge in [-0.15, -0.1) is 0 Å². The fourth-order valence-electron chi connectivity index (χ4n) is 3.62. The van der Waals surface area contributed by atoms with Crippen LogP contribution in [0.2, 0.25) is 0 Å². The van der Waals surface area contributed by atoms with Crippen LogP contribution in [0.25, 0.3) is 0 Å². The predicted octanol–water partition coefficient (Wildman–Crippen LogP) is 4.23. The van der Waals surface area contributed by atoms with Crippen LogP contribution in [0.15, 0.2) is 46.9 Å². The van der Waals surface area contributed by atoms with Gasteiger partial charge >= 0.3 is 0 Å². The molecule has 1 aliphatic carbocycles. The van der Waals surface area contributed by atoms with E-state index in [-0.39, 0.29) is 10.9 Å². The van der Waals surface area contributed by atoms with E-state index in [2.05, 4.69) is 19.9 Å². The lowest BCUT2D eigenvalue weighted by atomic mass is 9.90. The second-order valence-electron chi connectivity index (χ2n) is 6.00. The van der Waals surface area contributed by atoms with E-state index < -0.39 is 10.8 Å². The third-order valence-electron chi connectivity index (χ3n) is 4.81. The third-order valence-corrected chi connectivity index (χ3v) is 6.56. The lowest BCUT2D eigenvalue weighted by molar-refractivity contribution is 0.298. The average Bonchev–Trinajstić information content (AvgIpc) is 3.26. The molecule has 1 unspecified atom stereocenters. The standard InChI is InChI=1S/C18H24O2S/c1-3-8-14-13-16(11-12-17-18(14,4-2)20-17)21(19)15-9-6-5-7-10-15/h5-10,16-17H,3-4,11-13H2,1-2H3/b14-8+/t16-,17-,18+,21?/m0/s1. The molecule has 0 N–H and O–H groups in total. The van der Waals surface area contributed by atoms with E-state index in [1.54, 1.807) is 0 Å². The molecular formula is C18H24O2S. The van der Waals surface area contributed by atoms with Gasteiger partial charge in [-0.05, 0) is 49.8 Å². The number of hydrogen-bond donors (Lipinski definition) is 0. The molecule has 0 amide bonds. The molecule has 1 aliphatic heterocycles. The molecule has 21 heavy (non-hydrogen) atoms. The molecule has 1 aromatic carbocycles. The Balaban J connectivity index is 1.83. The molecule has 2 aliphatic rings. The first kappa shape index (κ1) is 15.0. The Morgan fingerprint density at radius 2 is 2.05 bits per heavy atom. The van der Waals surface area contributed by atoms with Crippen LogP contribution in [0.1, 0.15) is 46.0 Å². The van der Waals surface area contributed by atoms with Crippen LogP contribution < -0.4 is 0 Å². The minimum atomic E-state index is -0.916. The van der Waals surface area contributed by atoms with E-state index in [1.165, 1.54) is 5.57 Å². The Morgan fingerprint density at radius 3 is 2.71 bits per heavy atom. The van der Waals surface area contributed by atoms with Crippen molar-refractivity contribution in [1.82, 2.24) is 0 Å². The van der Waals surface area contributed by atoms with Gasteiger partial charge in [-0.3, -0.25) is 4.21 Å². The molecule has 114 valence electrons. The molecular weight excluding hydrogens is 280 g/mol. The normalized spacial score (nSPS) is 35.0. The molecule has 2 nitrogen and oxygen atoms in total. The quantitative estimate of drug-likeness (QED) is 0.615. The molecule has 0 radical (unpaired) electrons. The van der Waals surface area contributed by atoms with Crippen molar-refractivity contribution in [2.45, 2.75) is 67.8 Å². The Bertz CT molecular complexity index is 552. The van der Waals surface area contributed by atoms with Crippen molar-refractivity contribution in [3.63, 3.8) is 0 Å². The molecule has 3 rings (SSSR count). The summed E-state index contributed by atoms with van der Waals surface area (Å²) in [5.41, 5.74) is 1.37. The molecule has 0 aromatic heterocycles. The first-order valence-electron chi connectivity index (χ1n) is 8.04. The summed E-state index contributed by atoms with van der Waals surface area (Å²) in [5, 5.41) is 0.227. The van der Waals surface area contributed by atoms with Crippen molar-refractivity contribution < 1.29 is 8.95 Å². The van der Waals surface area contributed by atoms with Crippen molar-refractivity contribution >= 4 is 10.8 Å². The van der Waals surface area contributed by atoms with Gasteiger partial charge in [0.25, 0.3) is 0 Å². The van der Waals surface area contributed by atoms with Gasteiger partial charge in [0, 0.05) is 10.1 Å². The maximum Gasteiger partial charge on any atom is 0.116 e. The Labute approximate surface area is 130 Å². The zero-order valence-corrected chi connectivity index (χ0v) is 13.7. The molecule has 3 heteroatoms. The van der Waals surface area contributed by atoms with Gasteiger partial charge in [0.05, 0.1) is 16.9 Å². The fraction of sp³-hybridized carbons (Fsp3) is 0.556. The minimum absolute atomic E-state index is 0.0222.